The second-order valence-electron chi connectivity index (χ2n) is 4.33. The number of hydrogen-bond acceptors (Lipinski definition) is 3. The highest BCUT2D eigenvalue weighted by Gasteiger charge is 2.25. The van der Waals surface area contributed by atoms with Gasteiger partial charge in [-0.15, -0.1) is 0 Å². The SMILES string of the molecule is CCC(CCCN1C(=O)CCCC1=O)NC. The lowest BCUT2D eigenvalue weighted by Crippen LogP contribution is -2.41. The molecule has 1 N–H and O–H groups in total. The van der Waals surface area contributed by atoms with Crippen LogP contribution in [0.3, 0.4) is 0 Å². The Kier molecular flexibility index (Phi) is 5.46. The summed E-state index contributed by atoms with van der Waals surface area (Å²) in [5, 5.41) is 3.22. The van der Waals surface area contributed by atoms with Gasteiger partial charge < -0.3 is 5.32 Å². The molecule has 0 aromatic heterocycles. The van der Waals surface area contributed by atoms with E-state index in [0.717, 1.165) is 25.7 Å². The Labute approximate surface area is 97.4 Å². The summed E-state index contributed by atoms with van der Waals surface area (Å²) in [6.45, 7) is 2.73. The van der Waals surface area contributed by atoms with Gasteiger partial charge in [0.05, 0.1) is 0 Å². The Bertz CT molecular complexity index is 233. The normalized spacial score (nSPS) is 19.0. The molecule has 1 aliphatic rings. The van der Waals surface area contributed by atoms with Crippen LogP contribution < -0.4 is 5.32 Å². The number of nitrogens with one attached hydrogen (secondary N) is 1. The summed E-state index contributed by atoms with van der Waals surface area (Å²) in [4.78, 5) is 24.5. The van der Waals surface area contributed by atoms with Crippen molar-refractivity contribution >= 4 is 11.8 Å². The predicted molar refractivity (Wildman–Crippen MR) is 62.9 cm³/mol. The van der Waals surface area contributed by atoms with Gasteiger partial charge in [0.1, 0.15) is 0 Å². The van der Waals surface area contributed by atoms with Crippen molar-refractivity contribution < 1.29 is 9.59 Å². The third kappa shape index (κ3) is 3.59. The van der Waals surface area contributed by atoms with E-state index in [-0.39, 0.29) is 11.8 Å². The van der Waals surface area contributed by atoms with Crippen LogP contribution in [0.4, 0.5) is 0 Å². The van der Waals surface area contributed by atoms with Crippen molar-refractivity contribution in [1.82, 2.24) is 10.2 Å². The summed E-state index contributed by atoms with van der Waals surface area (Å²) in [6, 6.07) is 0.495. The zero-order valence-electron chi connectivity index (χ0n) is 10.3. The highest BCUT2D eigenvalue weighted by atomic mass is 16.2. The lowest BCUT2D eigenvalue weighted by Gasteiger charge is -2.25. The zero-order chi connectivity index (χ0) is 12.0. The summed E-state index contributed by atoms with van der Waals surface area (Å²) in [5.74, 6) is 0.0162. The van der Waals surface area contributed by atoms with Crippen molar-refractivity contribution in [1.29, 1.82) is 0 Å². The smallest absolute Gasteiger partial charge is 0.229 e. The van der Waals surface area contributed by atoms with Crippen LogP contribution in [0.2, 0.25) is 0 Å². The van der Waals surface area contributed by atoms with Crippen LogP contribution >= 0.6 is 0 Å². The number of carbonyl (C=O) groups is 2. The van der Waals surface area contributed by atoms with Crippen molar-refractivity contribution in [3.8, 4) is 0 Å². The molecule has 1 unspecified atom stereocenters. The summed E-state index contributed by atoms with van der Waals surface area (Å²) in [7, 11) is 1.95. The molecule has 4 heteroatoms. The van der Waals surface area contributed by atoms with Gasteiger partial charge in [-0.2, -0.15) is 0 Å². The largest absolute Gasteiger partial charge is 0.317 e. The van der Waals surface area contributed by atoms with Crippen molar-refractivity contribution in [2.75, 3.05) is 13.6 Å². The first-order chi connectivity index (χ1) is 7.69. The quantitative estimate of drug-likeness (QED) is 0.695. The lowest BCUT2D eigenvalue weighted by atomic mass is 10.1. The Morgan fingerprint density at radius 1 is 1.31 bits per heavy atom. The fraction of sp³-hybridized carbons (Fsp3) is 0.833. The van der Waals surface area contributed by atoms with Crippen LogP contribution in [-0.4, -0.2) is 36.3 Å². The Hall–Kier alpha value is -0.900. The van der Waals surface area contributed by atoms with E-state index in [1.54, 1.807) is 0 Å². The maximum atomic E-state index is 11.5. The van der Waals surface area contributed by atoms with Gasteiger partial charge in [-0.1, -0.05) is 6.92 Å². The number of rotatable bonds is 6. The third-order valence-corrected chi connectivity index (χ3v) is 3.22. The predicted octanol–water partition coefficient (Wildman–Crippen LogP) is 1.30. The molecule has 1 aliphatic heterocycles. The minimum atomic E-state index is 0.00811. The van der Waals surface area contributed by atoms with Crippen LogP contribution in [-0.2, 0) is 9.59 Å². The first-order valence-corrected chi connectivity index (χ1v) is 6.19. The van der Waals surface area contributed by atoms with E-state index < -0.39 is 0 Å². The van der Waals surface area contributed by atoms with E-state index in [9.17, 15) is 9.59 Å². The minimum absolute atomic E-state index is 0.00811. The standard InChI is InChI=1S/C12H22N2O2/c1-3-10(13-2)6-5-9-14-11(15)7-4-8-12(14)16/h10,13H,3-9H2,1-2H3. The fourth-order valence-electron chi connectivity index (χ4n) is 2.10. The number of carbonyl (C=O) groups excluding carboxylic acids is 2. The second kappa shape index (κ2) is 6.63. The molecule has 0 saturated carbocycles. The van der Waals surface area contributed by atoms with Gasteiger partial charge in [0.25, 0.3) is 0 Å². The minimum Gasteiger partial charge on any atom is -0.317 e. The highest BCUT2D eigenvalue weighted by molar-refractivity contribution is 5.97. The molecule has 0 radical (unpaired) electrons. The first-order valence-electron chi connectivity index (χ1n) is 6.19. The number of piperidine rings is 1. The van der Waals surface area contributed by atoms with Gasteiger partial charge >= 0.3 is 0 Å². The summed E-state index contributed by atoms with van der Waals surface area (Å²) >= 11 is 0. The molecule has 1 saturated heterocycles. The van der Waals surface area contributed by atoms with E-state index in [0.29, 0.717) is 25.4 Å². The van der Waals surface area contributed by atoms with Gasteiger partial charge in [-0.3, -0.25) is 14.5 Å². The van der Waals surface area contributed by atoms with Crippen LogP contribution in [0.15, 0.2) is 0 Å². The molecule has 0 bridgehead atoms. The number of likely N-dealkylation sites (tertiary alicyclic amines) is 1. The second-order valence-corrected chi connectivity index (χ2v) is 4.33. The molecule has 0 spiro atoms. The van der Waals surface area contributed by atoms with Crippen LogP contribution in [0.5, 0.6) is 0 Å². The molecule has 1 fully saturated rings. The summed E-state index contributed by atoms with van der Waals surface area (Å²) in [5.41, 5.74) is 0. The van der Waals surface area contributed by atoms with Crippen LogP contribution in [0.1, 0.15) is 45.4 Å². The number of imide groups is 1. The van der Waals surface area contributed by atoms with Crippen molar-refractivity contribution in [2.24, 2.45) is 0 Å². The van der Waals surface area contributed by atoms with Crippen molar-refractivity contribution in [3.05, 3.63) is 0 Å². The molecule has 2 amide bonds. The molecule has 4 nitrogen and oxygen atoms in total. The molecular formula is C12H22N2O2. The Morgan fingerprint density at radius 3 is 2.44 bits per heavy atom. The fourth-order valence-corrected chi connectivity index (χ4v) is 2.10. The third-order valence-electron chi connectivity index (χ3n) is 3.22. The zero-order valence-corrected chi connectivity index (χ0v) is 10.3. The Morgan fingerprint density at radius 2 is 1.94 bits per heavy atom. The molecule has 1 atom stereocenters. The molecule has 1 rings (SSSR count). The Balaban J connectivity index is 2.30. The molecule has 0 aromatic carbocycles. The molecule has 92 valence electrons. The summed E-state index contributed by atoms with van der Waals surface area (Å²) < 4.78 is 0. The van der Waals surface area contributed by atoms with E-state index >= 15 is 0 Å². The molecular weight excluding hydrogens is 204 g/mol. The highest BCUT2D eigenvalue weighted by Crippen LogP contribution is 2.13. The molecule has 0 aromatic rings. The summed E-state index contributed by atoms with van der Waals surface area (Å²) in [6.07, 6.45) is 4.80. The van der Waals surface area contributed by atoms with Crippen molar-refractivity contribution in [2.45, 2.75) is 51.5 Å². The average molecular weight is 226 g/mol. The monoisotopic (exact) mass is 226 g/mol. The van der Waals surface area contributed by atoms with Crippen LogP contribution in [0.25, 0.3) is 0 Å². The van der Waals surface area contributed by atoms with E-state index in [4.69, 9.17) is 0 Å². The molecule has 0 aliphatic carbocycles. The molecule has 1 heterocycles. The topological polar surface area (TPSA) is 49.4 Å². The van der Waals surface area contributed by atoms with E-state index in [1.807, 2.05) is 7.05 Å². The van der Waals surface area contributed by atoms with Gasteiger partial charge in [-0.25, -0.2) is 0 Å². The first kappa shape index (κ1) is 13.2. The van der Waals surface area contributed by atoms with E-state index in [1.165, 1.54) is 4.90 Å². The molecule has 16 heavy (non-hydrogen) atoms. The average Bonchev–Trinajstić information content (AvgIpc) is 2.28. The van der Waals surface area contributed by atoms with Gasteiger partial charge in [0.2, 0.25) is 11.8 Å². The number of amides is 2. The van der Waals surface area contributed by atoms with Crippen LogP contribution in [0, 0.1) is 0 Å². The van der Waals surface area contributed by atoms with Crippen molar-refractivity contribution in [3.63, 3.8) is 0 Å². The number of nitrogens with zero attached hydrogens (tertiary/aromatic N) is 1. The van der Waals surface area contributed by atoms with Gasteiger partial charge in [0, 0.05) is 25.4 Å². The maximum Gasteiger partial charge on any atom is 0.229 e. The lowest BCUT2D eigenvalue weighted by molar-refractivity contribution is -0.148. The van der Waals surface area contributed by atoms with E-state index in [2.05, 4.69) is 12.2 Å². The number of hydrogen-bond donors (Lipinski definition) is 1. The van der Waals surface area contributed by atoms with Gasteiger partial charge in [-0.05, 0) is 32.7 Å². The maximum absolute atomic E-state index is 11.5. The van der Waals surface area contributed by atoms with Gasteiger partial charge in [0.15, 0.2) is 0 Å².